The summed E-state index contributed by atoms with van der Waals surface area (Å²) in [5.74, 6) is 0.489. The minimum atomic E-state index is 0.0172. The summed E-state index contributed by atoms with van der Waals surface area (Å²) in [6, 6.07) is 7.50. The maximum Gasteiger partial charge on any atom is 0.146 e. The van der Waals surface area contributed by atoms with E-state index in [-0.39, 0.29) is 18.9 Å². The van der Waals surface area contributed by atoms with Gasteiger partial charge in [0.1, 0.15) is 5.76 Å². The second kappa shape index (κ2) is 12.0. The Bertz CT molecular complexity index is 748. The van der Waals surface area contributed by atoms with Crippen molar-refractivity contribution in [1.82, 2.24) is 0 Å². The Morgan fingerprint density at radius 2 is 1.72 bits per heavy atom. The van der Waals surface area contributed by atoms with Gasteiger partial charge in [0.15, 0.2) is 0 Å². The van der Waals surface area contributed by atoms with E-state index in [0.29, 0.717) is 36.9 Å². The molecule has 0 unspecified atom stereocenters. The van der Waals surface area contributed by atoms with Crippen molar-refractivity contribution < 1.29 is 14.9 Å². The third kappa shape index (κ3) is 7.03. The number of nitrogens with zero attached hydrogens (tertiary/aromatic N) is 2. The minimum absolute atomic E-state index is 0.0172. The average molecular weight is 401 g/mol. The summed E-state index contributed by atoms with van der Waals surface area (Å²) in [7, 11) is 0. The molecule has 5 N–H and O–H groups in total. The molecule has 0 saturated carbocycles. The van der Waals surface area contributed by atoms with Gasteiger partial charge in [-0.15, -0.1) is 0 Å². The zero-order valence-corrected chi connectivity index (χ0v) is 17.1. The standard InChI is InChI=1S/C22H32N4O3/c1-2-3-4-5-14-29-22-16-21(19(23)15-20(22)24)25-17-6-8-18(9-7-17)26(10-12-27)11-13-28/h6-9,15-16,24,27-28H,2-5,10-14,23H2,1H3. The van der Waals surface area contributed by atoms with Crippen LogP contribution in [-0.2, 0) is 4.74 Å². The molecule has 0 bridgehead atoms. The number of nitrogens with two attached hydrogens (primary N) is 1. The molecule has 1 aliphatic carbocycles. The number of allylic oxidation sites excluding steroid dienone is 2. The normalized spacial score (nSPS) is 15.3. The van der Waals surface area contributed by atoms with E-state index >= 15 is 0 Å². The predicted molar refractivity (Wildman–Crippen MR) is 118 cm³/mol. The van der Waals surface area contributed by atoms with E-state index in [2.05, 4.69) is 11.9 Å². The smallest absolute Gasteiger partial charge is 0.146 e. The van der Waals surface area contributed by atoms with Crippen LogP contribution in [0.25, 0.3) is 0 Å². The minimum Gasteiger partial charge on any atom is -0.491 e. The third-order valence-electron chi connectivity index (χ3n) is 4.59. The van der Waals surface area contributed by atoms with Crippen molar-refractivity contribution in [2.24, 2.45) is 10.7 Å². The molecule has 7 heteroatoms. The van der Waals surface area contributed by atoms with Crippen molar-refractivity contribution in [3.8, 4) is 0 Å². The number of nitrogens with one attached hydrogen (secondary N) is 1. The van der Waals surface area contributed by atoms with Crippen LogP contribution in [0.3, 0.4) is 0 Å². The number of ether oxygens (including phenoxy) is 1. The van der Waals surface area contributed by atoms with Crippen LogP contribution in [0, 0.1) is 5.41 Å². The Morgan fingerprint density at radius 1 is 1.03 bits per heavy atom. The molecule has 1 aromatic carbocycles. The molecule has 0 radical (unpaired) electrons. The van der Waals surface area contributed by atoms with Gasteiger partial charge in [-0.2, -0.15) is 0 Å². The summed E-state index contributed by atoms with van der Waals surface area (Å²) in [5, 5.41) is 26.4. The fourth-order valence-electron chi connectivity index (χ4n) is 3.00. The van der Waals surface area contributed by atoms with Gasteiger partial charge in [-0.25, -0.2) is 4.99 Å². The quantitative estimate of drug-likeness (QED) is 0.318. The average Bonchev–Trinajstić information content (AvgIpc) is 2.71. The third-order valence-corrected chi connectivity index (χ3v) is 4.59. The second-order valence-electron chi connectivity index (χ2n) is 6.88. The van der Waals surface area contributed by atoms with E-state index in [9.17, 15) is 10.2 Å². The molecule has 2 rings (SSSR count). The Morgan fingerprint density at radius 3 is 2.34 bits per heavy atom. The summed E-state index contributed by atoms with van der Waals surface area (Å²) >= 11 is 0. The molecule has 0 atom stereocenters. The molecule has 158 valence electrons. The van der Waals surface area contributed by atoms with Crippen molar-refractivity contribution in [2.75, 3.05) is 37.8 Å². The maximum absolute atomic E-state index is 9.17. The van der Waals surface area contributed by atoms with Gasteiger partial charge in [-0.1, -0.05) is 26.2 Å². The van der Waals surface area contributed by atoms with E-state index in [0.717, 1.165) is 24.2 Å². The molecule has 0 heterocycles. The number of anilines is 1. The first kappa shape index (κ1) is 22.6. The summed E-state index contributed by atoms with van der Waals surface area (Å²) in [5.41, 5.74) is 8.94. The van der Waals surface area contributed by atoms with Gasteiger partial charge in [-0.05, 0) is 36.8 Å². The van der Waals surface area contributed by atoms with Crippen LogP contribution >= 0.6 is 0 Å². The molecule has 7 nitrogen and oxygen atoms in total. The van der Waals surface area contributed by atoms with Crippen LogP contribution in [0.15, 0.2) is 52.9 Å². The Balaban J connectivity index is 2.10. The van der Waals surface area contributed by atoms with E-state index in [1.54, 1.807) is 12.2 Å². The first-order valence-corrected chi connectivity index (χ1v) is 10.2. The monoisotopic (exact) mass is 400 g/mol. The van der Waals surface area contributed by atoms with E-state index in [1.807, 2.05) is 29.2 Å². The van der Waals surface area contributed by atoms with Gasteiger partial charge >= 0.3 is 0 Å². The number of aliphatic imine (C=N–C) groups is 1. The van der Waals surface area contributed by atoms with Crippen LogP contribution in [0.4, 0.5) is 11.4 Å². The first-order chi connectivity index (χ1) is 14.1. The maximum atomic E-state index is 9.17. The zero-order chi connectivity index (χ0) is 21.1. The SMILES string of the molecule is CCCCCCOC1=CC(=Nc2ccc(N(CCO)CCO)cc2)C(N)=CC1=N. The van der Waals surface area contributed by atoms with Gasteiger partial charge in [0.2, 0.25) is 0 Å². The number of benzene rings is 1. The Hall–Kier alpha value is -2.64. The van der Waals surface area contributed by atoms with Crippen LogP contribution in [0.5, 0.6) is 0 Å². The lowest BCUT2D eigenvalue weighted by molar-refractivity contribution is 0.223. The summed E-state index contributed by atoms with van der Waals surface area (Å²) in [6.07, 6.45) is 7.72. The highest BCUT2D eigenvalue weighted by Crippen LogP contribution is 2.22. The molecule has 0 amide bonds. The van der Waals surface area contributed by atoms with Gasteiger partial charge in [0.05, 0.1) is 42.6 Å². The van der Waals surface area contributed by atoms with Crippen molar-refractivity contribution in [3.05, 3.63) is 47.9 Å². The summed E-state index contributed by atoms with van der Waals surface area (Å²) in [6.45, 7) is 3.68. The molecular formula is C22H32N4O3. The second-order valence-corrected chi connectivity index (χ2v) is 6.88. The summed E-state index contributed by atoms with van der Waals surface area (Å²) in [4.78, 5) is 6.49. The van der Waals surface area contributed by atoms with Crippen molar-refractivity contribution in [3.63, 3.8) is 0 Å². The molecule has 0 aliphatic heterocycles. The first-order valence-electron chi connectivity index (χ1n) is 10.2. The molecule has 0 fully saturated rings. The molecule has 0 saturated heterocycles. The number of aliphatic hydroxyl groups is 2. The Kier molecular flexibility index (Phi) is 9.40. The number of unbranched alkanes of at least 4 members (excludes halogenated alkanes) is 3. The number of aliphatic hydroxyl groups excluding tert-OH is 2. The van der Waals surface area contributed by atoms with Gasteiger partial charge in [0.25, 0.3) is 0 Å². The van der Waals surface area contributed by atoms with E-state index in [1.165, 1.54) is 12.8 Å². The lowest BCUT2D eigenvalue weighted by Crippen LogP contribution is -2.29. The van der Waals surface area contributed by atoms with Crippen LogP contribution < -0.4 is 10.6 Å². The van der Waals surface area contributed by atoms with Crippen LogP contribution in [0.1, 0.15) is 32.6 Å². The van der Waals surface area contributed by atoms with E-state index < -0.39 is 0 Å². The molecule has 1 aromatic rings. The molecule has 1 aliphatic rings. The highest BCUT2D eigenvalue weighted by molar-refractivity contribution is 6.22. The fraction of sp³-hybridized carbons (Fsp3) is 0.455. The topological polar surface area (TPSA) is 115 Å². The van der Waals surface area contributed by atoms with E-state index in [4.69, 9.17) is 15.9 Å². The van der Waals surface area contributed by atoms with Gasteiger partial charge in [-0.3, -0.25) is 5.41 Å². The lowest BCUT2D eigenvalue weighted by Gasteiger charge is -2.22. The van der Waals surface area contributed by atoms with Crippen LogP contribution in [0.2, 0.25) is 0 Å². The predicted octanol–water partition coefficient (Wildman–Crippen LogP) is 2.91. The Labute approximate surface area is 172 Å². The lowest BCUT2D eigenvalue weighted by atomic mass is 10.1. The fourth-order valence-corrected chi connectivity index (χ4v) is 3.00. The van der Waals surface area contributed by atoms with Crippen molar-refractivity contribution in [2.45, 2.75) is 32.6 Å². The molecule has 0 aromatic heterocycles. The summed E-state index contributed by atoms with van der Waals surface area (Å²) < 4.78 is 5.76. The van der Waals surface area contributed by atoms with Crippen molar-refractivity contribution in [1.29, 1.82) is 5.41 Å². The number of hydrogen-bond acceptors (Lipinski definition) is 7. The molecule has 0 spiro atoms. The van der Waals surface area contributed by atoms with Gasteiger partial charge < -0.3 is 25.6 Å². The van der Waals surface area contributed by atoms with Crippen LogP contribution in [-0.4, -0.2) is 54.5 Å². The number of rotatable bonds is 12. The largest absolute Gasteiger partial charge is 0.491 e. The zero-order valence-electron chi connectivity index (χ0n) is 17.1. The molecular weight excluding hydrogens is 368 g/mol. The highest BCUT2D eigenvalue weighted by atomic mass is 16.5. The van der Waals surface area contributed by atoms with Crippen molar-refractivity contribution >= 4 is 22.8 Å². The van der Waals surface area contributed by atoms with Gasteiger partial charge in [0, 0.05) is 24.9 Å². The highest BCUT2D eigenvalue weighted by Gasteiger charge is 2.16. The molecule has 29 heavy (non-hydrogen) atoms. The number of hydrogen-bond donors (Lipinski definition) is 4.